The Bertz CT molecular complexity index is 1110. The highest BCUT2D eigenvalue weighted by Gasteiger charge is 2.16. The van der Waals surface area contributed by atoms with E-state index >= 15 is 0 Å². The van der Waals surface area contributed by atoms with Crippen LogP contribution in [0.25, 0.3) is 10.8 Å². The summed E-state index contributed by atoms with van der Waals surface area (Å²) in [6, 6.07) is 11.1. The fraction of sp³-hybridized carbons (Fsp3) is 0. The second-order valence-electron chi connectivity index (χ2n) is 5.09. The molecule has 0 bridgehead atoms. The van der Waals surface area contributed by atoms with Gasteiger partial charge in [-0.05, 0) is 30.3 Å². The summed E-state index contributed by atoms with van der Waals surface area (Å²) in [6.07, 6.45) is 0. The van der Waals surface area contributed by atoms with E-state index in [9.17, 15) is 23.2 Å². The summed E-state index contributed by atoms with van der Waals surface area (Å²) in [7, 11) is -4.44. The molecule has 0 amide bonds. The highest BCUT2D eigenvalue weighted by Crippen LogP contribution is 2.38. The molecule has 0 aliphatic heterocycles. The summed E-state index contributed by atoms with van der Waals surface area (Å²) in [5.41, 5.74) is 0.165. The molecule has 3 aromatic rings. The third-order valence-electron chi connectivity index (χ3n) is 3.45. The Morgan fingerprint density at radius 1 is 0.880 bits per heavy atom. The quantitative estimate of drug-likeness (QED) is 0.455. The fourth-order valence-corrected chi connectivity index (χ4v) is 3.16. The Balaban J connectivity index is 2.11. The van der Waals surface area contributed by atoms with Crippen LogP contribution in [0, 0.1) is 0 Å². The van der Waals surface area contributed by atoms with E-state index in [1.807, 2.05) is 0 Å². The number of phenols is 2. The number of halogens is 1. The molecule has 0 aromatic heterocycles. The first-order valence-corrected chi connectivity index (χ1v) is 8.71. The number of fused-ring (bicyclic) bond motifs is 1. The Morgan fingerprint density at radius 2 is 1.60 bits per heavy atom. The second kappa shape index (κ2) is 6.32. The van der Waals surface area contributed by atoms with Crippen LogP contribution >= 0.6 is 11.6 Å². The van der Waals surface area contributed by atoms with Crippen molar-refractivity contribution in [3.63, 3.8) is 0 Å². The van der Waals surface area contributed by atoms with Gasteiger partial charge in [-0.25, -0.2) is 0 Å². The topological polar surface area (TPSA) is 120 Å². The van der Waals surface area contributed by atoms with Crippen LogP contribution in [0.3, 0.4) is 0 Å². The molecule has 0 unspecified atom stereocenters. The van der Waals surface area contributed by atoms with Crippen LogP contribution in [0.5, 0.6) is 11.5 Å². The molecular weight excluding hydrogens is 368 g/mol. The lowest BCUT2D eigenvalue weighted by atomic mass is 10.1. The van der Waals surface area contributed by atoms with E-state index in [1.54, 1.807) is 0 Å². The third kappa shape index (κ3) is 3.41. The van der Waals surface area contributed by atoms with Crippen molar-refractivity contribution >= 4 is 43.9 Å². The number of rotatable bonds is 3. The largest absolute Gasteiger partial charge is 0.506 e. The zero-order valence-electron chi connectivity index (χ0n) is 12.5. The van der Waals surface area contributed by atoms with Gasteiger partial charge in [0.2, 0.25) is 0 Å². The molecule has 0 saturated heterocycles. The summed E-state index contributed by atoms with van der Waals surface area (Å²) in [6.45, 7) is 0. The molecule has 3 N–H and O–H groups in total. The van der Waals surface area contributed by atoms with Gasteiger partial charge in [-0.2, -0.15) is 8.42 Å². The first kappa shape index (κ1) is 17.2. The van der Waals surface area contributed by atoms with Gasteiger partial charge in [-0.15, -0.1) is 10.2 Å². The van der Waals surface area contributed by atoms with E-state index < -0.39 is 10.1 Å². The predicted molar refractivity (Wildman–Crippen MR) is 92.7 cm³/mol. The molecule has 3 aromatic carbocycles. The van der Waals surface area contributed by atoms with Gasteiger partial charge in [0.15, 0.2) is 5.75 Å². The van der Waals surface area contributed by atoms with E-state index in [-0.39, 0.29) is 38.5 Å². The van der Waals surface area contributed by atoms with Crippen molar-refractivity contribution in [1.82, 2.24) is 0 Å². The maximum absolute atomic E-state index is 11.4. The second-order valence-corrected chi connectivity index (χ2v) is 6.92. The minimum Gasteiger partial charge on any atom is -0.506 e. The predicted octanol–water partition coefficient (Wildman–Crippen LogP) is 4.57. The monoisotopic (exact) mass is 378 g/mol. The highest BCUT2D eigenvalue weighted by molar-refractivity contribution is 7.86. The standard InChI is InChI=1S/C16H11ClN2O5S/c17-9-4-7-14(20)13(8-9)19-18-12-6-5-10-11(16(12)21)2-1-3-15(10)25(22,23)24/h1-8,20-21H,(H,22,23,24). The first-order chi connectivity index (χ1) is 11.8. The molecule has 0 radical (unpaired) electrons. The summed E-state index contributed by atoms with van der Waals surface area (Å²) >= 11 is 5.83. The molecule has 0 spiro atoms. The number of aromatic hydroxyl groups is 2. The van der Waals surface area contributed by atoms with E-state index in [1.165, 1.54) is 48.5 Å². The van der Waals surface area contributed by atoms with Crippen molar-refractivity contribution in [2.75, 3.05) is 0 Å². The van der Waals surface area contributed by atoms with Crippen LogP contribution in [0.4, 0.5) is 11.4 Å². The molecule has 3 rings (SSSR count). The summed E-state index contributed by atoms with van der Waals surface area (Å²) in [4.78, 5) is -0.323. The Labute approximate surface area is 147 Å². The summed E-state index contributed by atoms with van der Waals surface area (Å²) in [5.74, 6) is -0.449. The SMILES string of the molecule is O=S(=O)(O)c1cccc2c(O)c(N=Nc3cc(Cl)ccc3O)ccc12. The van der Waals surface area contributed by atoms with Gasteiger partial charge < -0.3 is 10.2 Å². The number of phenolic OH excluding ortho intramolecular Hbond substituents is 2. The lowest BCUT2D eigenvalue weighted by Gasteiger charge is -2.07. The smallest absolute Gasteiger partial charge is 0.295 e. The van der Waals surface area contributed by atoms with E-state index in [2.05, 4.69) is 10.2 Å². The zero-order chi connectivity index (χ0) is 18.2. The zero-order valence-corrected chi connectivity index (χ0v) is 14.0. The molecule has 0 saturated carbocycles. The number of hydrogen-bond acceptors (Lipinski definition) is 6. The van der Waals surface area contributed by atoms with E-state index in [4.69, 9.17) is 11.6 Å². The summed E-state index contributed by atoms with van der Waals surface area (Å²) in [5, 5.41) is 28.4. The Hall–Kier alpha value is -2.68. The lowest BCUT2D eigenvalue weighted by Crippen LogP contribution is -1.98. The third-order valence-corrected chi connectivity index (χ3v) is 4.60. The van der Waals surface area contributed by atoms with Crippen LogP contribution < -0.4 is 0 Å². The van der Waals surface area contributed by atoms with Gasteiger partial charge in [0.25, 0.3) is 10.1 Å². The Kier molecular flexibility index (Phi) is 4.34. The van der Waals surface area contributed by atoms with Crippen molar-refractivity contribution in [2.45, 2.75) is 4.90 Å². The van der Waals surface area contributed by atoms with Crippen LogP contribution in [0.2, 0.25) is 5.02 Å². The van der Waals surface area contributed by atoms with Crippen LogP contribution in [-0.4, -0.2) is 23.2 Å². The van der Waals surface area contributed by atoms with Gasteiger partial charge in [0, 0.05) is 15.8 Å². The normalized spacial score (nSPS) is 12.1. The average molecular weight is 379 g/mol. The fourth-order valence-electron chi connectivity index (χ4n) is 2.29. The molecule has 128 valence electrons. The minimum absolute atomic E-state index is 0.0550. The van der Waals surface area contributed by atoms with Crippen molar-refractivity contribution in [3.05, 3.63) is 53.6 Å². The number of azo groups is 1. The van der Waals surface area contributed by atoms with E-state index in [0.717, 1.165) is 0 Å². The molecule has 9 heteroatoms. The van der Waals surface area contributed by atoms with Crippen LogP contribution in [0.1, 0.15) is 0 Å². The highest BCUT2D eigenvalue weighted by atomic mass is 35.5. The van der Waals surface area contributed by atoms with E-state index in [0.29, 0.717) is 5.02 Å². The number of nitrogens with zero attached hydrogens (tertiary/aromatic N) is 2. The molecule has 0 aliphatic carbocycles. The van der Waals surface area contributed by atoms with Gasteiger partial charge in [-0.1, -0.05) is 29.8 Å². The molecule has 7 nitrogen and oxygen atoms in total. The van der Waals surface area contributed by atoms with Gasteiger partial charge >= 0.3 is 0 Å². The minimum atomic E-state index is -4.44. The van der Waals surface area contributed by atoms with Crippen molar-refractivity contribution in [2.24, 2.45) is 10.2 Å². The molecule has 0 atom stereocenters. The lowest BCUT2D eigenvalue weighted by molar-refractivity contribution is 0.475. The van der Waals surface area contributed by atoms with Gasteiger partial charge in [0.05, 0.1) is 0 Å². The average Bonchev–Trinajstić information content (AvgIpc) is 2.56. The summed E-state index contributed by atoms with van der Waals surface area (Å²) < 4.78 is 32.1. The van der Waals surface area contributed by atoms with Crippen LogP contribution in [-0.2, 0) is 10.1 Å². The van der Waals surface area contributed by atoms with Crippen molar-refractivity contribution in [1.29, 1.82) is 0 Å². The van der Waals surface area contributed by atoms with Gasteiger partial charge in [-0.3, -0.25) is 4.55 Å². The molecule has 0 aliphatic rings. The maximum atomic E-state index is 11.4. The van der Waals surface area contributed by atoms with Crippen molar-refractivity contribution < 1.29 is 23.2 Å². The number of hydrogen-bond donors (Lipinski definition) is 3. The molecule has 25 heavy (non-hydrogen) atoms. The molecule has 0 fully saturated rings. The molecular formula is C16H11ClN2O5S. The first-order valence-electron chi connectivity index (χ1n) is 6.90. The number of benzene rings is 3. The Morgan fingerprint density at radius 3 is 2.32 bits per heavy atom. The van der Waals surface area contributed by atoms with Gasteiger partial charge in [0.1, 0.15) is 22.0 Å². The van der Waals surface area contributed by atoms with Crippen LogP contribution in [0.15, 0.2) is 63.7 Å². The van der Waals surface area contributed by atoms with Crippen molar-refractivity contribution in [3.8, 4) is 11.5 Å². The molecule has 0 heterocycles. The maximum Gasteiger partial charge on any atom is 0.295 e.